The molecule has 0 aliphatic rings. The van der Waals surface area contributed by atoms with E-state index < -0.39 is 6.10 Å². The van der Waals surface area contributed by atoms with Gasteiger partial charge in [0.25, 0.3) is 5.91 Å². The number of ether oxygens (including phenoxy) is 2. The lowest BCUT2D eigenvalue weighted by Gasteiger charge is -2.24. The highest BCUT2D eigenvalue weighted by atomic mass is 16.5. The first-order valence-corrected chi connectivity index (χ1v) is 9.17. The van der Waals surface area contributed by atoms with Crippen LogP contribution in [0.2, 0.25) is 0 Å². The second-order valence-corrected chi connectivity index (χ2v) is 6.50. The van der Waals surface area contributed by atoms with E-state index in [1.807, 2.05) is 31.2 Å². The molecule has 0 unspecified atom stereocenters. The molecule has 4 nitrogen and oxygen atoms in total. The fraction of sp³-hybridized carbons (Fsp3) is 0.409. The van der Waals surface area contributed by atoms with Gasteiger partial charge >= 0.3 is 0 Å². The molecule has 0 fully saturated rings. The summed E-state index contributed by atoms with van der Waals surface area (Å²) in [6.45, 7) is 8.17. The van der Waals surface area contributed by atoms with Gasteiger partial charge in [-0.15, -0.1) is 0 Å². The Hall–Kier alpha value is -2.49. The summed E-state index contributed by atoms with van der Waals surface area (Å²) in [5.41, 5.74) is 3.56. The lowest BCUT2D eigenvalue weighted by atomic mass is 9.97. The molecule has 2 aromatic rings. The second kappa shape index (κ2) is 9.27. The summed E-state index contributed by atoms with van der Waals surface area (Å²) >= 11 is 0. The van der Waals surface area contributed by atoms with Crippen molar-refractivity contribution in [3.8, 4) is 11.5 Å². The fourth-order valence-electron chi connectivity index (χ4n) is 3.07. The third kappa shape index (κ3) is 4.78. The molecule has 140 valence electrons. The number of carbonyl (C=O) groups excluding carboxylic acids is 1. The van der Waals surface area contributed by atoms with Crippen LogP contribution in [0.25, 0.3) is 0 Å². The fourth-order valence-corrected chi connectivity index (χ4v) is 3.07. The van der Waals surface area contributed by atoms with Crippen molar-refractivity contribution in [1.82, 2.24) is 5.32 Å². The number of rotatable bonds is 8. The Bertz CT molecular complexity index is 742. The largest absolute Gasteiger partial charge is 0.493 e. The molecule has 4 heteroatoms. The van der Waals surface area contributed by atoms with Gasteiger partial charge in [0.15, 0.2) is 17.6 Å². The number of hydrogen-bond acceptors (Lipinski definition) is 3. The zero-order valence-corrected chi connectivity index (χ0v) is 16.3. The Labute approximate surface area is 156 Å². The van der Waals surface area contributed by atoms with Crippen LogP contribution in [0.15, 0.2) is 42.5 Å². The van der Waals surface area contributed by atoms with Crippen LogP contribution in [0.1, 0.15) is 49.4 Å². The SMILES string of the molecule is CC[C@@H](Oc1ccccc1OC)C(=O)N[C@H](CC)c1ccc(C)cc1C. The molecule has 0 aliphatic carbocycles. The average Bonchev–Trinajstić information content (AvgIpc) is 2.64. The van der Waals surface area contributed by atoms with Gasteiger partial charge in [0.1, 0.15) is 0 Å². The minimum Gasteiger partial charge on any atom is -0.493 e. The first-order chi connectivity index (χ1) is 12.5. The number of aryl methyl sites for hydroxylation is 2. The van der Waals surface area contributed by atoms with E-state index in [0.717, 1.165) is 12.0 Å². The molecule has 0 saturated heterocycles. The number of amides is 1. The zero-order valence-electron chi connectivity index (χ0n) is 16.3. The topological polar surface area (TPSA) is 47.6 Å². The highest BCUT2D eigenvalue weighted by Gasteiger charge is 2.23. The lowest BCUT2D eigenvalue weighted by Crippen LogP contribution is -2.40. The summed E-state index contributed by atoms with van der Waals surface area (Å²) in [6.07, 6.45) is 0.833. The molecule has 0 spiro atoms. The van der Waals surface area contributed by atoms with E-state index in [2.05, 4.69) is 44.3 Å². The van der Waals surface area contributed by atoms with Gasteiger partial charge in [-0.2, -0.15) is 0 Å². The van der Waals surface area contributed by atoms with Crippen molar-refractivity contribution in [3.05, 3.63) is 59.2 Å². The predicted molar refractivity (Wildman–Crippen MR) is 105 cm³/mol. The number of methoxy groups -OCH3 is 1. The molecule has 1 amide bonds. The Morgan fingerprint density at radius 1 is 1.04 bits per heavy atom. The van der Waals surface area contributed by atoms with Crippen molar-refractivity contribution < 1.29 is 14.3 Å². The zero-order chi connectivity index (χ0) is 19.1. The number of hydrogen-bond donors (Lipinski definition) is 1. The van der Waals surface area contributed by atoms with Gasteiger partial charge in [0.2, 0.25) is 0 Å². The summed E-state index contributed by atoms with van der Waals surface area (Å²) in [4.78, 5) is 12.8. The van der Waals surface area contributed by atoms with Gasteiger partial charge in [-0.05, 0) is 49.9 Å². The van der Waals surface area contributed by atoms with E-state index >= 15 is 0 Å². The van der Waals surface area contributed by atoms with Gasteiger partial charge in [0.05, 0.1) is 13.2 Å². The number of benzene rings is 2. The minimum atomic E-state index is -0.564. The number of nitrogens with one attached hydrogen (secondary N) is 1. The molecule has 2 rings (SSSR count). The third-order valence-electron chi connectivity index (χ3n) is 4.53. The standard InChI is InChI=1S/C22H29NO3/c1-6-18(17-13-12-15(3)14-16(17)4)23-22(24)19(7-2)26-21-11-9-8-10-20(21)25-5/h8-14,18-19H,6-7H2,1-5H3,(H,23,24)/t18-,19-/m1/s1. The van der Waals surface area contributed by atoms with Crippen LogP contribution >= 0.6 is 0 Å². The Balaban J connectivity index is 2.14. The van der Waals surface area contributed by atoms with Crippen LogP contribution < -0.4 is 14.8 Å². The van der Waals surface area contributed by atoms with Gasteiger partial charge in [-0.3, -0.25) is 4.79 Å². The molecule has 0 aliphatic heterocycles. The highest BCUT2D eigenvalue weighted by molar-refractivity contribution is 5.81. The van der Waals surface area contributed by atoms with Crippen molar-refractivity contribution in [3.63, 3.8) is 0 Å². The van der Waals surface area contributed by atoms with Crippen LogP contribution in [0, 0.1) is 13.8 Å². The summed E-state index contributed by atoms with van der Waals surface area (Å²) in [5.74, 6) is 1.10. The summed E-state index contributed by atoms with van der Waals surface area (Å²) in [5, 5.41) is 3.15. The lowest BCUT2D eigenvalue weighted by molar-refractivity contribution is -0.129. The molecule has 26 heavy (non-hydrogen) atoms. The third-order valence-corrected chi connectivity index (χ3v) is 4.53. The summed E-state index contributed by atoms with van der Waals surface area (Å²) in [6, 6.07) is 13.7. The molecule has 2 atom stereocenters. The Kier molecular flexibility index (Phi) is 7.07. The molecular formula is C22H29NO3. The maximum Gasteiger partial charge on any atom is 0.261 e. The molecule has 0 bridgehead atoms. The minimum absolute atomic E-state index is 0.0292. The number of carbonyl (C=O) groups is 1. The molecule has 0 radical (unpaired) electrons. The van der Waals surface area contributed by atoms with Gasteiger partial charge in [-0.1, -0.05) is 49.7 Å². The molecule has 0 heterocycles. The predicted octanol–water partition coefficient (Wildman–Crippen LogP) is 4.74. The van der Waals surface area contributed by atoms with E-state index in [4.69, 9.17) is 9.47 Å². The van der Waals surface area contributed by atoms with Crippen LogP contribution in [-0.2, 0) is 4.79 Å². The smallest absolute Gasteiger partial charge is 0.261 e. The van der Waals surface area contributed by atoms with E-state index in [1.54, 1.807) is 7.11 Å². The molecular weight excluding hydrogens is 326 g/mol. The maximum atomic E-state index is 12.8. The molecule has 1 N–H and O–H groups in total. The molecule has 0 aromatic heterocycles. The summed E-state index contributed by atoms with van der Waals surface area (Å²) < 4.78 is 11.3. The molecule has 2 aromatic carbocycles. The Morgan fingerprint density at radius 2 is 1.73 bits per heavy atom. The van der Waals surface area contributed by atoms with Gasteiger partial charge in [-0.25, -0.2) is 0 Å². The van der Waals surface area contributed by atoms with E-state index in [1.165, 1.54) is 11.1 Å². The monoisotopic (exact) mass is 355 g/mol. The van der Waals surface area contributed by atoms with Crippen LogP contribution in [0.5, 0.6) is 11.5 Å². The quantitative estimate of drug-likeness (QED) is 0.744. The van der Waals surface area contributed by atoms with E-state index in [0.29, 0.717) is 17.9 Å². The van der Waals surface area contributed by atoms with Gasteiger partial charge < -0.3 is 14.8 Å². The highest BCUT2D eigenvalue weighted by Crippen LogP contribution is 2.28. The maximum absolute atomic E-state index is 12.8. The van der Waals surface area contributed by atoms with Crippen molar-refractivity contribution in [2.24, 2.45) is 0 Å². The average molecular weight is 355 g/mol. The molecule has 0 saturated carbocycles. The van der Waals surface area contributed by atoms with Gasteiger partial charge in [0, 0.05) is 0 Å². The second-order valence-electron chi connectivity index (χ2n) is 6.50. The normalized spacial score (nSPS) is 13.0. The van der Waals surface area contributed by atoms with Crippen molar-refractivity contribution in [2.45, 2.75) is 52.7 Å². The first kappa shape index (κ1) is 19.8. The number of para-hydroxylation sites is 2. The Morgan fingerprint density at radius 3 is 2.31 bits per heavy atom. The van der Waals surface area contributed by atoms with E-state index in [9.17, 15) is 4.79 Å². The summed E-state index contributed by atoms with van der Waals surface area (Å²) in [7, 11) is 1.59. The van der Waals surface area contributed by atoms with Crippen molar-refractivity contribution in [1.29, 1.82) is 0 Å². The van der Waals surface area contributed by atoms with Crippen LogP contribution in [0.4, 0.5) is 0 Å². The van der Waals surface area contributed by atoms with Crippen molar-refractivity contribution in [2.75, 3.05) is 7.11 Å². The van der Waals surface area contributed by atoms with Crippen LogP contribution in [0.3, 0.4) is 0 Å². The van der Waals surface area contributed by atoms with Crippen LogP contribution in [-0.4, -0.2) is 19.1 Å². The first-order valence-electron chi connectivity index (χ1n) is 9.17. The van der Waals surface area contributed by atoms with Crippen molar-refractivity contribution >= 4 is 5.91 Å². The van der Waals surface area contributed by atoms with E-state index in [-0.39, 0.29) is 11.9 Å².